The van der Waals surface area contributed by atoms with Gasteiger partial charge < -0.3 is 5.32 Å². The number of nitrogens with zero attached hydrogens (tertiary/aromatic N) is 1. The summed E-state index contributed by atoms with van der Waals surface area (Å²) in [6, 6.07) is 5.95. The van der Waals surface area contributed by atoms with Crippen LogP contribution in [0.4, 0.5) is 5.69 Å². The van der Waals surface area contributed by atoms with Crippen molar-refractivity contribution in [2.45, 2.75) is 45.1 Å². The lowest BCUT2D eigenvalue weighted by Crippen LogP contribution is -2.32. The van der Waals surface area contributed by atoms with Crippen LogP contribution >= 0.6 is 23.4 Å². The fraction of sp³-hybridized carbons (Fsp3) is 0.562. The quantitative estimate of drug-likeness (QED) is 0.779. The number of anilines is 1. The van der Waals surface area contributed by atoms with Gasteiger partial charge in [-0.1, -0.05) is 36.4 Å². The van der Waals surface area contributed by atoms with E-state index in [0.29, 0.717) is 0 Å². The van der Waals surface area contributed by atoms with E-state index in [1.165, 1.54) is 31.2 Å². The van der Waals surface area contributed by atoms with E-state index in [2.05, 4.69) is 19.2 Å². The normalized spacial score (nSPS) is 29.6. The molecule has 0 unspecified atom stereocenters. The largest absolute Gasteiger partial charge is 0.335 e. The molecular weight excluding hydrogens is 288 g/mol. The highest BCUT2D eigenvalue weighted by atomic mass is 35.5. The van der Waals surface area contributed by atoms with Crippen molar-refractivity contribution in [3.63, 3.8) is 0 Å². The third kappa shape index (κ3) is 2.99. The molecule has 3 rings (SSSR count). The molecule has 1 fully saturated rings. The summed E-state index contributed by atoms with van der Waals surface area (Å²) < 4.78 is 0. The average Bonchev–Trinajstić information content (AvgIpc) is 2.81. The van der Waals surface area contributed by atoms with Gasteiger partial charge in [-0.3, -0.25) is 4.99 Å². The van der Waals surface area contributed by atoms with Crippen LogP contribution in [0.1, 0.15) is 38.2 Å². The second-order valence-corrected chi connectivity index (χ2v) is 7.60. The summed E-state index contributed by atoms with van der Waals surface area (Å²) in [5.41, 5.74) is 2.48. The number of aliphatic imine (C=N–C) groups is 1. The highest BCUT2D eigenvalue weighted by molar-refractivity contribution is 8.14. The Morgan fingerprint density at radius 2 is 2.10 bits per heavy atom. The number of nitrogens with one attached hydrogen (secondary N) is 1. The first-order valence-corrected chi connectivity index (χ1v) is 8.69. The number of benzene rings is 1. The average molecular weight is 309 g/mol. The molecule has 0 amide bonds. The second-order valence-electron chi connectivity index (χ2n) is 6.20. The monoisotopic (exact) mass is 308 g/mol. The van der Waals surface area contributed by atoms with Gasteiger partial charge in [0.2, 0.25) is 0 Å². The zero-order chi connectivity index (χ0) is 14.2. The van der Waals surface area contributed by atoms with E-state index in [4.69, 9.17) is 16.6 Å². The first kappa shape index (κ1) is 14.3. The van der Waals surface area contributed by atoms with Gasteiger partial charge in [0.25, 0.3) is 0 Å². The molecule has 1 spiro atoms. The van der Waals surface area contributed by atoms with Crippen molar-refractivity contribution < 1.29 is 0 Å². The van der Waals surface area contributed by atoms with Crippen LogP contribution in [0.3, 0.4) is 0 Å². The Bertz CT molecular complexity index is 533. The number of hydrogen-bond acceptors (Lipinski definition) is 3. The molecule has 4 heteroatoms. The molecule has 1 aromatic carbocycles. The fourth-order valence-corrected chi connectivity index (χ4v) is 4.32. The number of amidine groups is 1. The van der Waals surface area contributed by atoms with E-state index in [0.717, 1.165) is 27.5 Å². The predicted molar refractivity (Wildman–Crippen MR) is 90.1 cm³/mol. The fourth-order valence-electron chi connectivity index (χ4n) is 2.95. The molecule has 0 bridgehead atoms. The molecule has 0 aromatic heterocycles. The van der Waals surface area contributed by atoms with Gasteiger partial charge in [-0.15, -0.1) is 0 Å². The van der Waals surface area contributed by atoms with Gasteiger partial charge in [-0.05, 0) is 56.2 Å². The second kappa shape index (κ2) is 5.61. The zero-order valence-corrected chi connectivity index (χ0v) is 13.7. The Morgan fingerprint density at radius 1 is 1.35 bits per heavy atom. The first-order chi connectivity index (χ1) is 9.56. The molecule has 2 nitrogen and oxygen atoms in total. The Balaban J connectivity index is 1.74. The summed E-state index contributed by atoms with van der Waals surface area (Å²) in [5, 5.41) is 5.29. The molecule has 1 N–H and O–H groups in total. The Morgan fingerprint density at radius 3 is 2.85 bits per heavy atom. The summed E-state index contributed by atoms with van der Waals surface area (Å²) in [7, 11) is 0. The van der Waals surface area contributed by atoms with Crippen LogP contribution < -0.4 is 5.32 Å². The standard InChI is InChI=1S/C16H21ClN2S/c1-11-5-7-16(8-6-11)10-20-15(19-16)18-14-9-13(17)4-3-12(14)2/h3-4,9,11H,5-8,10H2,1-2H3,(H,18,19). The molecule has 1 heterocycles. The van der Waals surface area contributed by atoms with Crippen LogP contribution in [0.25, 0.3) is 0 Å². The molecule has 0 atom stereocenters. The third-order valence-electron chi connectivity index (χ3n) is 4.46. The van der Waals surface area contributed by atoms with Crippen molar-refractivity contribution in [1.29, 1.82) is 0 Å². The predicted octanol–water partition coefficient (Wildman–Crippen LogP) is 5.11. The van der Waals surface area contributed by atoms with Crippen LogP contribution in [0.15, 0.2) is 23.2 Å². The minimum absolute atomic E-state index is 0.200. The summed E-state index contributed by atoms with van der Waals surface area (Å²) in [4.78, 5) is 5.00. The van der Waals surface area contributed by atoms with Crippen LogP contribution in [0, 0.1) is 12.8 Å². The van der Waals surface area contributed by atoms with Crippen molar-refractivity contribution in [3.05, 3.63) is 28.8 Å². The highest BCUT2D eigenvalue weighted by Gasteiger charge is 2.38. The lowest BCUT2D eigenvalue weighted by atomic mass is 9.79. The minimum Gasteiger partial charge on any atom is -0.335 e. The van der Waals surface area contributed by atoms with Gasteiger partial charge in [0.1, 0.15) is 0 Å². The van der Waals surface area contributed by atoms with Gasteiger partial charge in [0.15, 0.2) is 5.17 Å². The third-order valence-corrected chi connectivity index (χ3v) is 5.85. The smallest absolute Gasteiger partial charge is 0.161 e. The summed E-state index contributed by atoms with van der Waals surface area (Å²) >= 11 is 7.93. The molecule has 1 aliphatic heterocycles. The Hall–Kier alpha value is -0.670. The number of aryl methyl sites for hydroxylation is 1. The molecule has 1 aliphatic carbocycles. The van der Waals surface area contributed by atoms with Crippen LogP contribution in [-0.2, 0) is 0 Å². The summed E-state index contributed by atoms with van der Waals surface area (Å²) in [6.07, 6.45) is 5.10. The lowest BCUT2D eigenvalue weighted by molar-refractivity contribution is 0.273. The van der Waals surface area contributed by atoms with E-state index in [9.17, 15) is 0 Å². The molecule has 108 valence electrons. The van der Waals surface area contributed by atoms with Gasteiger partial charge in [0.05, 0.1) is 5.54 Å². The van der Waals surface area contributed by atoms with Crippen molar-refractivity contribution in [1.82, 2.24) is 0 Å². The highest BCUT2D eigenvalue weighted by Crippen LogP contribution is 2.41. The summed E-state index contributed by atoms with van der Waals surface area (Å²) in [6.45, 7) is 4.45. The van der Waals surface area contributed by atoms with E-state index in [1.54, 1.807) is 0 Å². The molecule has 1 aromatic rings. The number of hydrogen-bond donors (Lipinski definition) is 1. The molecular formula is C16H21ClN2S. The molecule has 1 saturated carbocycles. The van der Waals surface area contributed by atoms with Crippen LogP contribution in [-0.4, -0.2) is 16.5 Å². The maximum Gasteiger partial charge on any atom is 0.161 e. The van der Waals surface area contributed by atoms with E-state index < -0.39 is 0 Å². The lowest BCUT2D eigenvalue weighted by Gasteiger charge is -2.32. The van der Waals surface area contributed by atoms with Gasteiger partial charge in [-0.25, -0.2) is 0 Å². The van der Waals surface area contributed by atoms with E-state index >= 15 is 0 Å². The van der Waals surface area contributed by atoms with Crippen molar-refractivity contribution in [2.75, 3.05) is 11.1 Å². The Labute approximate surface area is 130 Å². The van der Waals surface area contributed by atoms with Crippen molar-refractivity contribution >= 4 is 34.2 Å². The van der Waals surface area contributed by atoms with Crippen molar-refractivity contribution in [3.8, 4) is 0 Å². The van der Waals surface area contributed by atoms with E-state index in [1.807, 2.05) is 30.0 Å². The number of rotatable bonds is 1. The molecule has 0 saturated heterocycles. The van der Waals surface area contributed by atoms with Gasteiger partial charge >= 0.3 is 0 Å². The maximum absolute atomic E-state index is 6.07. The SMILES string of the molecule is Cc1ccc(Cl)cc1NC1=NC2(CCC(C)CC2)CS1. The van der Waals surface area contributed by atoms with E-state index in [-0.39, 0.29) is 5.54 Å². The van der Waals surface area contributed by atoms with Crippen LogP contribution in [0.5, 0.6) is 0 Å². The minimum atomic E-state index is 0.200. The molecule has 20 heavy (non-hydrogen) atoms. The summed E-state index contributed by atoms with van der Waals surface area (Å²) in [5.74, 6) is 2.00. The number of thioether (sulfide) groups is 1. The first-order valence-electron chi connectivity index (χ1n) is 7.32. The molecule has 0 radical (unpaired) electrons. The van der Waals surface area contributed by atoms with Gasteiger partial charge in [-0.2, -0.15) is 0 Å². The van der Waals surface area contributed by atoms with Gasteiger partial charge in [0, 0.05) is 16.5 Å². The van der Waals surface area contributed by atoms with Crippen LogP contribution in [0.2, 0.25) is 5.02 Å². The zero-order valence-electron chi connectivity index (χ0n) is 12.1. The topological polar surface area (TPSA) is 24.4 Å². The Kier molecular flexibility index (Phi) is 4.00. The maximum atomic E-state index is 6.07. The molecule has 2 aliphatic rings. The number of halogens is 1. The van der Waals surface area contributed by atoms with Crippen molar-refractivity contribution in [2.24, 2.45) is 10.9 Å².